The molecule has 0 N–H and O–H groups in total. The highest BCUT2D eigenvalue weighted by Crippen LogP contribution is 2.35. The minimum absolute atomic E-state index is 0.0536. The number of piperidine rings is 1. The topological polar surface area (TPSA) is 81.4 Å². The van der Waals surface area contributed by atoms with Crippen LogP contribution in [0.15, 0.2) is 23.0 Å². The Hall–Kier alpha value is -2.44. The van der Waals surface area contributed by atoms with Crippen LogP contribution in [0.2, 0.25) is 0 Å². The van der Waals surface area contributed by atoms with Gasteiger partial charge in [-0.3, -0.25) is 4.79 Å². The minimum atomic E-state index is -0.0536. The smallest absolute Gasteiger partial charge is 0.276 e. The molecule has 2 aromatic heterocycles. The molecule has 2 aliphatic rings. The van der Waals surface area contributed by atoms with Gasteiger partial charge in [0.15, 0.2) is 5.69 Å². The largest absolute Gasteiger partial charge is 0.477 e. The fourth-order valence-corrected chi connectivity index (χ4v) is 3.49. The summed E-state index contributed by atoms with van der Waals surface area (Å²) in [5.74, 6) is 2.28. The maximum Gasteiger partial charge on any atom is 0.276 e. The lowest BCUT2D eigenvalue weighted by Gasteiger charge is -2.31. The van der Waals surface area contributed by atoms with E-state index in [2.05, 4.69) is 15.1 Å². The molecule has 138 valence electrons. The van der Waals surface area contributed by atoms with Gasteiger partial charge in [0, 0.05) is 31.1 Å². The van der Waals surface area contributed by atoms with Crippen molar-refractivity contribution in [2.24, 2.45) is 5.92 Å². The molecule has 26 heavy (non-hydrogen) atoms. The monoisotopic (exact) mass is 356 g/mol. The highest BCUT2D eigenvalue weighted by atomic mass is 16.5. The SMILES string of the molecule is Cc1cc(C(=O)N2CCC(COc3cc(C4CCC4)ncn3)CC2)no1. The number of nitrogens with zero attached hydrogens (tertiary/aromatic N) is 4. The highest BCUT2D eigenvalue weighted by Gasteiger charge is 2.26. The van der Waals surface area contributed by atoms with Crippen LogP contribution in [0, 0.1) is 12.8 Å². The molecular weight excluding hydrogens is 332 g/mol. The molecule has 7 heteroatoms. The van der Waals surface area contributed by atoms with Crippen molar-refractivity contribution in [2.75, 3.05) is 19.7 Å². The summed E-state index contributed by atoms with van der Waals surface area (Å²) in [7, 11) is 0. The second-order valence-electron chi connectivity index (χ2n) is 7.28. The van der Waals surface area contributed by atoms with E-state index in [4.69, 9.17) is 9.26 Å². The molecule has 2 aromatic rings. The van der Waals surface area contributed by atoms with Gasteiger partial charge in [0.25, 0.3) is 5.91 Å². The lowest BCUT2D eigenvalue weighted by molar-refractivity contribution is 0.0649. The fraction of sp³-hybridized carbons (Fsp3) is 0.579. The van der Waals surface area contributed by atoms with Gasteiger partial charge < -0.3 is 14.2 Å². The summed E-state index contributed by atoms with van der Waals surface area (Å²) in [4.78, 5) is 22.8. The second kappa shape index (κ2) is 7.43. The van der Waals surface area contributed by atoms with Gasteiger partial charge in [-0.15, -0.1) is 0 Å². The molecule has 1 aliphatic heterocycles. The molecule has 3 heterocycles. The van der Waals surface area contributed by atoms with E-state index in [-0.39, 0.29) is 5.91 Å². The zero-order valence-corrected chi connectivity index (χ0v) is 15.1. The van der Waals surface area contributed by atoms with Gasteiger partial charge in [0.05, 0.1) is 12.3 Å². The quantitative estimate of drug-likeness (QED) is 0.819. The van der Waals surface area contributed by atoms with E-state index in [0.717, 1.165) is 31.6 Å². The van der Waals surface area contributed by atoms with Gasteiger partial charge in [0.1, 0.15) is 12.1 Å². The molecule has 1 aliphatic carbocycles. The van der Waals surface area contributed by atoms with Crippen LogP contribution in [0.3, 0.4) is 0 Å². The Kier molecular flexibility index (Phi) is 4.86. The van der Waals surface area contributed by atoms with E-state index < -0.39 is 0 Å². The van der Waals surface area contributed by atoms with Gasteiger partial charge in [-0.05, 0) is 38.5 Å². The Labute approximate surface area is 152 Å². The number of aryl methyl sites for hydroxylation is 1. The molecule has 0 radical (unpaired) electrons. The average Bonchev–Trinajstić information content (AvgIpc) is 3.05. The lowest BCUT2D eigenvalue weighted by atomic mass is 9.83. The first kappa shape index (κ1) is 17.0. The molecule has 1 amide bonds. The van der Waals surface area contributed by atoms with Gasteiger partial charge in [-0.1, -0.05) is 11.6 Å². The Bertz CT molecular complexity index is 764. The van der Waals surface area contributed by atoms with Crippen molar-refractivity contribution in [1.82, 2.24) is 20.0 Å². The zero-order chi connectivity index (χ0) is 17.9. The number of rotatable bonds is 5. The van der Waals surface area contributed by atoms with Crippen molar-refractivity contribution in [3.63, 3.8) is 0 Å². The van der Waals surface area contributed by atoms with Crippen LogP contribution in [0.4, 0.5) is 0 Å². The molecule has 0 atom stereocenters. The maximum absolute atomic E-state index is 12.4. The number of aromatic nitrogens is 3. The van der Waals surface area contributed by atoms with E-state index in [1.807, 2.05) is 11.0 Å². The third-order valence-corrected chi connectivity index (χ3v) is 5.40. The predicted octanol–water partition coefficient (Wildman–Crippen LogP) is 2.97. The molecule has 0 bridgehead atoms. The average molecular weight is 356 g/mol. The van der Waals surface area contributed by atoms with Gasteiger partial charge in [-0.2, -0.15) is 0 Å². The number of hydrogen-bond donors (Lipinski definition) is 0. The summed E-state index contributed by atoms with van der Waals surface area (Å²) in [6.07, 6.45) is 7.16. The van der Waals surface area contributed by atoms with Gasteiger partial charge >= 0.3 is 0 Å². The molecule has 1 saturated heterocycles. The number of carbonyl (C=O) groups is 1. The molecule has 4 rings (SSSR count). The van der Waals surface area contributed by atoms with Crippen molar-refractivity contribution in [3.05, 3.63) is 35.6 Å². The van der Waals surface area contributed by atoms with Crippen LogP contribution < -0.4 is 4.74 Å². The van der Waals surface area contributed by atoms with Crippen molar-refractivity contribution in [1.29, 1.82) is 0 Å². The van der Waals surface area contributed by atoms with Crippen LogP contribution >= 0.6 is 0 Å². The van der Waals surface area contributed by atoms with Gasteiger partial charge in [-0.25, -0.2) is 9.97 Å². The molecule has 0 unspecified atom stereocenters. The first-order valence-corrected chi connectivity index (χ1v) is 9.36. The Morgan fingerprint density at radius 3 is 2.69 bits per heavy atom. The Morgan fingerprint density at radius 1 is 1.23 bits per heavy atom. The molecule has 0 aromatic carbocycles. The van der Waals surface area contributed by atoms with Crippen molar-refractivity contribution in [3.8, 4) is 5.88 Å². The second-order valence-corrected chi connectivity index (χ2v) is 7.28. The number of hydrogen-bond acceptors (Lipinski definition) is 6. The highest BCUT2D eigenvalue weighted by molar-refractivity contribution is 5.92. The van der Waals surface area contributed by atoms with E-state index >= 15 is 0 Å². The van der Waals surface area contributed by atoms with E-state index in [1.165, 1.54) is 19.3 Å². The van der Waals surface area contributed by atoms with E-state index in [1.54, 1.807) is 19.3 Å². The molecule has 7 nitrogen and oxygen atoms in total. The number of amides is 1. The Morgan fingerprint density at radius 2 is 2.04 bits per heavy atom. The molecule has 1 saturated carbocycles. The lowest BCUT2D eigenvalue weighted by Crippen LogP contribution is -2.39. The van der Waals surface area contributed by atoms with Crippen LogP contribution in [0.1, 0.15) is 60.0 Å². The number of likely N-dealkylation sites (tertiary alicyclic amines) is 1. The Balaban J connectivity index is 1.26. The maximum atomic E-state index is 12.4. The summed E-state index contributed by atoms with van der Waals surface area (Å²) < 4.78 is 10.9. The van der Waals surface area contributed by atoms with E-state index in [9.17, 15) is 4.79 Å². The van der Waals surface area contributed by atoms with Crippen LogP contribution in [-0.4, -0.2) is 45.6 Å². The normalized spacial score (nSPS) is 18.6. The number of ether oxygens (including phenoxy) is 1. The van der Waals surface area contributed by atoms with Crippen molar-refractivity contribution >= 4 is 5.91 Å². The fourth-order valence-electron chi connectivity index (χ4n) is 3.49. The zero-order valence-electron chi connectivity index (χ0n) is 15.1. The first-order valence-electron chi connectivity index (χ1n) is 9.36. The molecule has 2 fully saturated rings. The summed E-state index contributed by atoms with van der Waals surface area (Å²) in [6.45, 7) is 3.86. The third kappa shape index (κ3) is 3.71. The van der Waals surface area contributed by atoms with Crippen molar-refractivity contribution < 1.29 is 14.1 Å². The van der Waals surface area contributed by atoms with Crippen LogP contribution in [0.25, 0.3) is 0 Å². The minimum Gasteiger partial charge on any atom is -0.477 e. The molecule has 0 spiro atoms. The first-order chi connectivity index (χ1) is 12.7. The third-order valence-electron chi connectivity index (χ3n) is 5.40. The standard InChI is InChI=1S/C19H24N4O3/c1-13-9-17(22-26-13)19(24)23-7-5-14(6-8-23)11-25-18-10-16(20-12-21-18)15-3-2-4-15/h9-10,12,14-15H,2-8,11H2,1H3. The molecular formula is C19H24N4O3. The predicted molar refractivity (Wildman–Crippen MR) is 94.0 cm³/mol. The van der Waals surface area contributed by atoms with Crippen LogP contribution in [-0.2, 0) is 0 Å². The number of carbonyl (C=O) groups excluding carboxylic acids is 1. The summed E-state index contributed by atoms with van der Waals surface area (Å²) in [6, 6.07) is 3.67. The van der Waals surface area contributed by atoms with Crippen LogP contribution in [0.5, 0.6) is 5.88 Å². The summed E-state index contributed by atoms with van der Waals surface area (Å²) in [5, 5.41) is 3.81. The van der Waals surface area contributed by atoms with Gasteiger partial charge in [0.2, 0.25) is 5.88 Å². The van der Waals surface area contributed by atoms with Crippen molar-refractivity contribution in [2.45, 2.75) is 44.9 Å². The summed E-state index contributed by atoms with van der Waals surface area (Å²) in [5.41, 5.74) is 1.49. The van der Waals surface area contributed by atoms with E-state index in [0.29, 0.717) is 35.8 Å². The summed E-state index contributed by atoms with van der Waals surface area (Å²) >= 11 is 0.